The molecule has 0 radical (unpaired) electrons. The Labute approximate surface area is 83.1 Å². The largest absolute Gasteiger partial charge is 0.447 e. The first-order chi connectivity index (χ1) is 6.86. The second kappa shape index (κ2) is 6.53. The van der Waals surface area contributed by atoms with Crippen molar-refractivity contribution in [3.8, 4) is 0 Å². The van der Waals surface area contributed by atoms with Crippen LogP contribution in [0.5, 0.6) is 0 Å². The van der Waals surface area contributed by atoms with Crippen molar-refractivity contribution in [2.24, 2.45) is 0 Å². The lowest BCUT2D eigenvalue weighted by atomic mass is 10.2. The van der Waals surface area contributed by atoms with Gasteiger partial charge in [0.05, 0.1) is 19.3 Å². The summed E-state index contributed by atoms with van der Waals surface area (Å²) >= 11 is 0. The molecule has 0 aliphatic carbocycles. The number of aliphatic hydroxyl groups excluding tert-OH is 1. The minimum Gasteiger partial charge on any atom is -0.447 e. The van der Waals surface area contributed by atoms with E-state index in [2.05, 4.69) is 10.3 Å². The standard InChI is InChI=1S/C9H16N2O3/c1-13-6-8(2-3-12)11-5-9-4-10-7-14-9/h4,7-8,11-12H,2-3,5-6H2,1H3. The van der Waals surface area contributed by atoms with Gasteiger partial charge in [0.2, 0.25) is 0 Å². The fourth-order valence-corrected chi connectivity index (χ4v) is 1.18. The van der Waals surface area contributed by atoms with Crippen LogP contribution in [-0.4, -0.2) is 36.5 Å². The van der Waals surface area contributed by atoms with Crippen LogP contribution in [0.15, 0.2) is 17.0 Å². The fourth-order valence-electron chi connectivity index (χ4n) is 1.18. The maximum atomic E-state index is 8.79. The molecule has 5 nitrogen and oxygen atoms in total. The van der Waals surface area contributed by atoms with Crippen molar-refractivity contribution >= 4 is 0 Å². The van der Waals surface area contributed by atoms with Gasteiger partial charge in [-0.1, -0.05) is 0 Å². The zero-order chi connectivity index (χ0) is 10.2. The summed E-state index contributed by atoms with van der Waals surface area (Å²) in [6.07, 6.45) is 3.73. The molecule has 1 rings (SSSR count). The van der Waals surface area contributed by atoms with Gasteiger partial charge in [-0.05, 0) is 6.42 Å². The van der Waals surface area contributed by atoms with E-state index in [1.54, 1.807) is 13.3 Å². The van der Waals surface area contributed by atoms with Crippen LogP contribution in [-0.2, 0) is 11.3 Å². The zero-order valence-electron chi connectivity index (χ0n) is 8.27. The van der Waals surface area contributed by atoms with Gasteiger partial charge >= 0.3 is 0 Å². The van der Waals surface area contributed by atoms with Crippen LogP contribution in [0.2, 0.25) is 0 Å². The molecule has 0 aliphatic rings. The van der Waals surface area contributed by atoms with E-state index in [9.17, 15) is 0 Å². The topological polar surface area (TPSA) is 67.5 Å². The van der Waals surface area contributed by atoms with Crippen molar-refractivity contribution in [2.45, 2.75) is 19.0 Å². The van der Waals surface area contributed by atoms with E-state index in [0.29, 0.717) is 19.6 Å². The summed E-state index contributed by atoms with van der Waals surface area (Å²) in [5.41, 5.74) is 0. The molecule has 0 bridgehead atoms. The number of nitrogens with one attached hydrogen (secondary N) is 1. The van der Waals surface area contributed by atoms with E-state index in [-0.39, 0.29) is 12.6 Å². The molecule has 0 spiro atoms. The third-order valence-corrected chi connectivity index (χ3v) is 1.89. The summed E-state index contributed by atoms with van der Waals surface area (Å²) < 4.78 is 10.1. The molecule has 80 valence electrons. The highest BCUT2D eigenvalue weighted by atomic mass is 16.5. The number of aliphatic hydroxyl groups is 1. The van der Waals surface area contributed by atoms with Gasteiger partial charge in [-0.25, -0.2) is 4.98 Å². The predicted molar refractivity (Wildman–Crippen MR) is 50.7 cm³/mol. The third kappa shape index (κ3) is 3.87. The van der Waals surface area contributed by atoms with Gasteiger partial charge in [0.25, 0.3) is 0 Å². The van der Waals surface area contributed by atoms with Crippen LogP contribution in [0.1, 0.15) is 12.2 Å². The second-order valence-electron chi connectivity index (χ2n) is 3.01. The number of ether oxygens (including phenoxy) is 1. The average Bonchev–Trinajstić information content (AvgIpc) is 2.67. The number of nitrogens with zero attached hydrogens (tertiary/aromatic N) is 1. The fraction of sp³-hybridized carbons (Fsp3) is 0.667. The molecular formula is C9H16N2O3. The molecular weight excluding hydrogens is 184 g/mol. The first-order valence-corrected chi connectivity index (χ1v) is 4.57. The van der Waals surface area contributed by atoms with Crippen LogP contribution in [0.25, 0.3) is 0 Å². The Morgan fingerprint density at radius 2 is 2.57 bits per heavy atom. The van der Waals surface area contributed by atoms with E-state index in [1.807, 2.05) is 0 Å². The molecule has 1 atom stereocenters. The van der Waals surface area contributed by atoms with Crippen molar-refractivity contribution in [1.29, 1.82) is 0 Å². The lowest BCUT2D eigenvalue weighted by molar-refractivity contribution is 0.147. The second-order valence-corrected chi connectivity index (χ2v) is 3.01. The minimum atomic E-state index is 0.148. The van der Waals surface area contributed by atoms with E-state index in [1.165, 1.54) is 6.39 Å². The smallest absolute Gasteiger partial charge is 0.180 e. The van der Waals surface area contributed by atoms with Crippen LogP contribution in [0, 0.1) is 0 Å². The molecule has 1 heterocycles. The van der Waals surface area contributed by atoms with Gasteiger partial charge in [0.15, 0.2) is 6.39 Å². The summed E-state index contributed by atoms with van der Waals surface area (Å²) in [6.45, 7) is 1.33. The lowest BCUT2D eigenvalue weighted by Crippen LogP contribution is -2.33. The van der Waals surface area contributed by atoms with E-state index in [4.69, 9.17) is 14.3 Å². The number of rotatable bonds is 7. The maximum absolute atomic E-state index is 8.79. The summed E-state index contributed by atoms with van der Waals surface area (Å²) in [6, 6.07) is 0.148. The normalized spacial score (nSPS) is 13.0. The van der Waals surface area contributed by atoms with Crippen LogP contribution < -0.4 is 5.32 Å². The highest BCUT2D eigenvalue weighted by Gasteiger charge is 2.07. The minimum absolute atomic E-state index is 0.148. The molecule has 1 unspecified atom stereocenters. The highest BCUT2D eigenvalue weighted by Crippen LogP contribution is 1.98. The van der Waals surface area contributed by atoms with Gasteiger partial charge < -0.3 is 19.6 Å². The Balaban J connectivity index is 2.25. The predicted octanol–water partition coefficient (Wildman–Crippen LogP) is 0.162. The highest BCUT2D eigenvalue weighted by molar-refractivity contribution is 4.88. The van der Waals surface area contributed by atoms with Gasteiger partial charge in [-0.3, -0.25) is 0 Å². The van der Waals surface area contributed by atoms with Crippen molar-refractivity contribution < 1.29 is 14.3 Å². The van der Waals surface area contributed by atoms with Crippen molar-refractivity contribution in [1.82, 2.24) is 10.3 Å². The van der Waals surface area contributed by atoms with Crippen LogP contribution >= 0.6 is 0 Å². The Bertz CT molecular complexity index is 220. The number of aromatic nitrogens is 1. The summed E-state index contributed by atoms with van der Waals surface area (Å²) in [5.74, 6) is 0.782. The summed E-state index contributed by atoms with van der Waals surface area (Å²) in [4.78, 5) is 3.80. The number of hydrogen-bond acceptors (Lipinski definition) is 5. The third-order valence-electron chi connectivity index (χ3n) is 1.89. The summed E-state index contributed by atoms with van der Waals surface area (Å²) in [7, 11) is 1.64. The van der Waals surface area contributed by atoms with E-state index < -0.39 is 0 Å². The van der Waals surface area contributed by atoms with E-state index >= 15 is 0 Å². The molecule has 14 heavy (non-hydrogen) atoms. The Hall–Kier alpha value is -0.910. The molecule has 0 amide bonds. The molecule has 0 fully saturated rings. The molecule has 0 saturated heterocycles. The van der Waals surface area contributed by atoms with Gasteiger partial charge in [-0.2, -0.15) is 0 Å². The molecule has 1 aromatic heterocycles. The number of hydrogen-bond donors (Lipinski definition) is 2. The Morgan fingerprint density at radius 3 is 3.14 bits per heavy atom. The molecule has 0 aromatic carbocycles. The van der Waals surface area contributed by atoms with E-state index in [0.717, 1.165) is 5.76 Å². The number of oxazole rings is 1. The molecule has 2 N–H and O–H groups in total. The van der Waals surface area contributed by atoms with Crippen molar-refractivity contribution in [3.63, 3.8) is 0 Å². The van der Waals surface area contributed by atoms with Gasteiger partial charge in [0, 0.05) is 19.8 Å². The zero-order valence-corrected chi connectivity index (χ0v) is 8.27. The monoisotopic (exact) mass is 200 g/mol. The lowest BCUT2D eigenvalue weighted by Gasteiger charge is -2.15. The first kappa shape index (κ1) is 11.2. The maximum Gasteiger partial charge on any atom is 0.180 e. The number of methoxy groups -OCH3 is 1. The summed E-state index contributed by atoms with van der Waals surface area (Å²) in [5, 5.41) is 12.0. The van der Waals surface area contributed by atoms with Gasteiger partial charge in [-0.15, -0.1) is 0 Å². The van der Waals surface area contributed by atoms with Gasteiger partial charge in [0.1, 0.15) is 5.76 Å². The molecule has 0 saturated carbocycles. The van der Waals surface area contributed by atoms with Crippen molar-refractivity contribution in [2.75, 3.05) is 20.3 Å². The molecule has 0 aliphatic heterocycles. The van der Waals surface area contributed by atoms with Crippen LogP contribution in [0.3, 0.4) is 0 Å². The first-order valence-electron chi connectivity index (χ1n) is 4.57. The van der Waals surface area contributed by atoms with Crippen molar-refractivity contribution in [3.05, 3.63) is 18.4 Å². The SMILES string of the molecule is COCC(CCO)NCc1cnco1. The van der Waals surface area contributed by atoms with Crippen LogP contribution in [0.4, 0.5) is 0 Å². The average molecular weight is 200 g/mol. The Kier molecular flexibility index (Phi) is 5.21. The molecule has 5 heteroatoms. The Morgan fingerprint density at radius 1 is 1.71 bits per heavy atom. The quantitative estimate of drug-likeness (QED) is 0.656. The molecule has 1 aromatic rings.